The number of carbonyl (C=O) groups is 1. The van der Waals surface area contributed by atoms with E-state index in [1.165, 1.54) is 12.1 Å². The zero-order valence-electron chi connectivity index (χ0n) is 18.3. The second-order valence-electron chi connectivity index (χ2n) is 8.60. The van der Waals surface area contributed by atoms with Crippen molar-refractivity contribution in [2.24, 2.45) is 0 Å². The van der Waals surface area contributed by atoms with Gasteiger partial charge in [0.15, 0.2) is 0 Å². The van der Waals surface area contributed by atoms with Crippen molar-refractivity contribution in [1.29, 1.82) is 10.5 Å². The molecule has 2 aromatic rings. The van der Waals surface area contributed by atoms with Gasteiger partial charge in [-0.25, -0.2) is 4.39 Å². The third-order valence-corrected chi connectivity index (χ3v) is 6.04. The Kier molecular flexibility index (Phi) is 7.31. The maximum atomic E-state index is 13.8. The third-order valence-electron chi connectivity index (χ3n) is 6.04. The van der Waals surface area contributed by atoms with Crippen molar-refractivity contribution >= 4 is 5.91 Å². The van der Waals surface area contributed by atoms with Crippen molar-refractivity contribution in [3.05, 3.63) is 70.5 Å². The lowest BCUT2D eigenvalue weighted by atomic mass is 10.1. The lowest BCUT2D eigenvalue weighted by molar-refractivity contribution is -0.144. The second kappa shape index (κ2) is 10.5. The normalized spacial score (nSPS) is 20.6. The van der Waals surface area contributed by atoms with Crippen molar-refractivity contribution in [3.63, 3.8) is 0 Å². The van der Waals surface area contributed by atoms with Crippen LogP contribution in [0.3, 0.4) is 0 Å². The summed E-state index contributed by atoms with van der Waals surface area (Å²) in [5, 5.41) is 20.7. The zero-order chi connectivity index (χ0) is 23.2. The van der Waals surface area contributed by atoms with E-state index in [0.29, 0.717) is 38.2 Å². The SMILES string of the molecule is N#Cc1ccc(CNC(=O)CN2CC3CN(CCc4ccc(C#N)c(F)c4)CC(C2)O3)cc1. The number of benzene rings is 2. The molecule has 8 heteroatoms. The fourth-order valence-electron chi connectivity index (χ4n) is 4.42. The number of carbonyl (C=O) groups excluding carboxylic acids is 1. The molecule has 2 bridgehead atoms. The zero-order valence-corrected chi connectivity index (χ0v) is 18.3. The molecule has 7 nitrogen and oxygen atoms in total. The minimum absolute atomic E-state index is 0.0287. The quantitative estimate of drug-likeness (QED) is 0.696. The molecule has 2 aromatic carbocycles. The number of hydrogen-bond acceptors (Lipinski definition) is 6. The Morgan fingerprint density at radius 3 is 2.30 bits per heavy atom. The summed E-state index contributed by atoms with van der Waals surface area (Å²) >= 11 is 0. The molecule has 2 fully saturated rings. The van der Waals surface area contributed by atoms with E-state index in [0.717, 1.165) is 30.8 Å². The molecular formula is C25H26FN5O2. The smallest absolute Gasteiger partial charge is 0.234 e. The van der Waals surface area contributed by atoms with E-state index in [1.54, 1.807) is 18.2 Å². The standard InChI is InChI=1S/C25H26FN5O2/c26-24-9-18(5-6-21(24)11-28)7-8-30-13-22-15-31(16-23(14-30)33-22)17-25(32)29-12-20-3-1-19(10-27)2-4-20/h1-6,9,22-23H,7-8,12-17H2,(H,29,32). The highest BCUT2D eigenvalue weighted by Gasteiger charge is 2.35. The van der Waals surface area contributed by atoms with E-state index in [-0.39, 0.29) is 23.7 Å². The van der Waals surface area contributed by atoms with Gasteiger partial charge >= 0.3 is 0 Å². The van der Waals surface area contributed by atoms with E-state index >= 15 is 0 Å². The van der Waals surface area contributed by atoms with Crippen LogP contribution in [0.1, 0.15) is 22.3 Å². The molecule has 1 N–H and O–H groups in total. The van der Waals surface area contributed by atoms with Crippen LogP contribution < -0.4 is 5.32 Å². The first-order chi connectivity index (χ1) is 16.0. The number of rotatable bonds is 7. The van der Waals surface area contributed by atoms with E-state index < -0.39 is 5.82 Å². The van der Waals surface area contributed by atoms with E-state index in [2.05, 4.69) is 21.2 Å². The van der Waals surface area contributed by atoms with Crippen LogP contribution in [0.5, 0.6) is 0 Å². The molecule has 0 aliphatic carbocycles. The summed E-state index contributed by atoms with van der Waals surface area (Å²) in [4.78, 5) is 16.9. The first-order valence-corrected chi connectivity index (χ1v) is 11.1. The minimum atomic E-state index is -0.470. The number of halogens is 1. The van der Waals surface area contributed by atoms with Gasteiger partial charge < -0.3 is 10.1 Å². The maximum Gasteiger partial charge on any atom is 0.234 e. The summed E-state index contributed by atoms with van der Waals surface area (Å²) in [5.74, 6) is -0.499. The molecule has 170 valence electrons. The molecular weight excluding hydrogens is 421 g/mol. The van der Waals surface area contributed by atoms with Crippen LogP contribution in [0.2, 0.25) is 0 Å². The van der Waals surface area contributed by atoms with E-state index in [1.807, 2.05) is 18.2 Å². The van der Waals surface area contributed by atoms with Crippen LogP contribution in [0.15, 0.2) is 42.5 Å². The van der Waals surface area contributed by atoms with Gasteiger partial charge in [0.1, 0.15) is 11.9 Å². The summed E-state index contributed by atoms with van der Waals surface area (Å²) in [7, 11) is 0. The number of nitrogens with zero attached hydrogens (tertiary/aromatic N) is 4. The summed E-state index contributed by atoms with van der Waals surface area (Å²) in [6.45, 7) is 4.51. The topological polar surface area (TPSA) is 92.4 Å². The highest BCUT2D eigenvalue weighted by atomic mass is 19.1. The Hall–Kier alpha value is -3.30. The lowest BCUT2D eigenvalue weighted by Crippen LogP contribution is -2.60. The van der Waals surface area contributed by atoms with Gasteiger partial charge in [0.05, 0.1) is 35.9 Å². The van der Waals surface area contributed by atoms with Crippen molar-refractivity contribution in [2.75, 3.05) is 39.3 Å². The van der Waals surface area contributed by atoms with Crippen LogP contribution in [0.25, 0.3) is 0 Å². The molecule has 2 heterocycles. The van der Waals surface area contributed by atoms with Gasteiger partial charge in [-0.2, -0.15) is 10.5 Å². The Balaban J connectivity index is 1.21. The van der Waals surface area contributed by atoms with Crippen LogP contribution in [0.4, 0.5) is 4.39 Å². The number of hydrogen-bond donors (Lipinski definition) is 1. The summed E-state index contributed by atoms with van der Waals surface area (Å²) in [5.41, 5.74) is 2.51. The lowest BCUT2D eigenvalue weighted by Gasteiger charge is -2.45. The fraction of sp³-hybridized carbons (Fsp3) is 0.400. The van der Waals surface area contributed by atoms with Gasteiger partial charge in [0.25, 0.3) is 0 Å². The third kappa shape index (κ3) is 6.15. The Bertz CT molecular complexity index is 1060. The molecule has 0 spiro atoms. The molecule has 2 unspecified atom stereocenters. The van der Waals surface area contributed by atoms with Gasteiger partial charge in [-0.3, -0.25) is 14.6 Å². The average Bonchev–Trinajstić information content (AvgIpc) is 2.81. The Labute approximate surface area is 193 Å². The van der Waals surface area contributed by atoms with Gasteiger partial charge in [0, 0.05) is 39.3 Å². The van der Waals surface area contributed by atoms with Crippen molar-refractivity contribution in [3.8, 4) is 12.1 Å². The molecule has 2 atom stereocenters. The van der Waals surface area contributed by atoms with Gasteiger partial charge in [-0.1, -0.05) is 18.2 Å². The fourth-order valence-corrected chi connectivity index (χ4v) is 4.42. The van der Waals surface area contributed by atoms with E-state index in [9.17, 15) is 9.18 Å². The molecule has 2 aliphatic heterocycles. The van der Waals surface area contributed by atoms with Crippen LogP contribution in [-0.4, -0.2) is 67.2 Å². The first kappa shape index (κ1) is 22.9. The molecule has 4 rings (SSSR count). The summed E-state index contributed by atoms with van der Waals surface area (Å²) in [6.07, 6.45) is 0.798. The molecule has 0 saturated carbocycles. The van der Waals surface area contributed by atoms with Crippen molar-refractivity contribution < 1.29 is 13.9 Å². The molecule has 0 radical (unpaired) electrons. The average molecular weight is 448 g/mol. The highest BCUT2D eigenvalue weighted by molar-refractivity contribution is 5.78. The summed E-state index contributed by atoms with van der Waals surface area (Å²) < 4.78 is 19.9. The van der Waals surface area contributed by atoms with Crippen LogP contribution >= 0.6 is 0 Å². The summed E-state index contributed by atoms with van der Waals surface area (Å²) in [6, 6.07) is 15.9. The molecule has 2 saturated heterocycles. The number of nitriles is 2. The number of fused-ring (bicyclic) bond motifs is 2. The predicted molar refractivity (Wildman–Crippen MR) is 119 cm³/mol. The number of amides is 1. The molecule has 0 aromatic heterocycles. The monoisotopic (exact) mass is 447 g/mol. The molecule has 1 amide bonds. The second-order valence-corrected chi connectivity index (χ2v) is 8.60. The number of ether oxygens (including phenoxy) is 1. The van der Waals surface area contributed by atoms with Crippen LogP contribution in [0, 0.1) is 28.5 Å². The molecule has 33 heavy (non-hydrogen) atoms. The minimum Gasteiger partial charge on any atom is -0.370 e. The van der Waals surface area contributed by atoms with E-state index in [4.69, 9.17) is 15.3 Å². The van der Waals surface area contributed by atoms with Gasteiger partial charge in [0.2, 0.25) is 5.91 Å². The van der Waals surface area contributed by atoms with Crippen molar-refractivity contribution in [2.45, 2.75) is 25.2 Å². The highest BCUT2D eigenvalue weighted by Crippen LogP contribution is 2.20. The van der Waals surface area contributed by atoms with Crippen molar-refractivity contribution in [1.82, 2.24) is 15.1 Å². The Morgan fingerprint density at radius 1 is 1.00 bits per heavy atom. The number of morpholine rings is 2. The van der Waals surface area contributed by atoms with Gasteiger partial charge in [-0.15, -0.1) is 0 Å². The predicted octanol–water partition coefficient (Wildman–Crippen LogP) is 1.81. The first-order valence-electron chi connectivity index (χ1n) is 11.1. The largest absolute Gasteiger partial charge is 0.370 e. The van der Waals surface area contributed by atoms with Crippen LogP contribution in [-0.2, 0) is 22.5 Å². The number of nitrogens with one attached hydrogen (secondary N) is 1. The van der Waals surface area contributed by atoms with Gasteiger partial charge in [-0.05, 0) is 41.8 Å². The molecule has 2 aliphatic rings. The Morgan fingerprint density at radius 2 is 1.67 bits per heavy atom. The maximum absolute atomic E-state index is 13.8.